The van der Waals surface area contributed by atoms with Gasteiger partial charge in [-0.1, -0.05) is 47.7 Å². The van der Waals surface area contributed by atoms with Gasteiger partial charge in [0, 0.05) is 12.2 Å². The number of halogens is 1. The van der Waals surface area contributed by atoms with Crippen molar-refractivity contribution in [3.63, 3.8) is 0 Å². The summed E-state index contributed by atoms with van der Waals surface area (Å²) in [7, 11) is 0. The normalized spacial score (nSPS) is 11.8. The second-order valence-corrected chi connectivity index (χ2v) is 11.1. The molecule has 0 saturated heterocycles. The van der Waals surface area contributed by atoms with Gasteiger partial charge in [0.05, 0.1) is 19.8 Å². The first-order valence-electron chi connectivity index (χ1n) is 12.0. The fourth-order valence-corrected chi connectivity index (χ4v) is 3.19. The van der Waals surface area contributed by atoms with Gasteiger partial charge in [-0.2, -0.15) is 0 Å². The summed E-state index contributed by atoms with van der Waals surface area (Å²) >= 11 is 3.30. The molecule has 0 aromatic heterocycles. The lowest BCUT2D eigenvalue weighted by Gasteiger charge is -2.24. The maximum absolute atomic E-state index is 12.9. The van der Waals surface area contributed by atoms with Crippen molar-refractivity contribution in [3.05, 3.63) is 42.5 Å². The molecule has 0 aliphatic carbocycles. The molecular formula is C27H41BrO6. The highest BCUT2D eigenvalue weighted by molar-refractivity contribution is 9.10. The monoisotopic (exact) mass is 540 g/mol. The van der Waals surface area contributed by atoms with E-state index in [4.69, 9.17) is 18.9 Å². The summed E-state index contributed by atoms with van der Waals surface area (Å²) in [4.78, 5) is 24.5. The number of esters is 1. The van der Waals surface area contributed by atoms with Crippen LogP contribution in [-0.4, -0.2) is 54.7 Å². The Morgan fingerprint density at radius 1 is 0.882 bits per heavy atom. The van der Waals surface area contributed by atoms with E-state index in [9.17, 15) is 9.59 Å². The zero-order valence-corrected chi connectivity index (χ0v) is 22.8. The SMILES string of the molecule is C=CCOCCOc1ccc(C(=O)C(C)(C)OCCCCCCCCOC(=O)C(C)(C)Br)cc1. The van der Waals surface area contributed by atoms with E-state index in [0.29, 0.717) is 44.3 Å². The molecule has 34 heavy (non-hydrogen) atoms. The maximum atomic E-state index is 12.9. The van der Waals surface area contributed by atoms with E-state index in [1.807, 2.05) is 13.8 Å². The first-order chi connectivity index (χ1) is 16.1. The Morgan fingerprint density at radius 2 is 1.47 bits per heavy atom. The van der Waals surface area contributed by atoms with Gasteiger partial charge in [0.1, 0.15) is 22.3 Å². The predicted molar refractivity (Wildman–Crippen MR) is 139 cm³/mol. The van der Waals surface area contributed by atoms with Crippen molar-refractivity contribution in [2.45, 2.75) is 76.1 Å². The fourth-order valence-electron chi connectivity index (χ4n) is 3.08. The largest absolute Gasteiger partial charge is 0.491 e. The van der Waals surface area contributed by atoms with E-state index in [2.05, 4.69) is 22.5 Å². The molecule has 1 rings (SSSR count). The summed E-state index contributed by atoms with van der Waals surface area (Å²) in [6, 6.07) is 7.12. The van der Waals surface area contributed by atoms with E-state index in [0.717, 1.165) is 38.5 Å². The van der Waals surface area contributed by atoms with Crippen LogP contribution in [0.2, 0.25) is 0 Å². The number of ketones is 1. The number of ether oxygens (including phenoxy) is 4. The number of carbonyl (C=O) groups excluding carboxylic acids is 2. The third kappa shape index (κ3) is 12.7. The van der Waals surface area contributed by atoms with Gasteiger partial charge in [0.2, 0.25) is 0 Å². The molecule has 0 aliphatic heterocycles. The lowest BCUT2D eigenvalue weighted by atomic mass is 9.96. The molecular weight excluding hydrogens is 500 g/mol. The second-order valence-electron chi connectivity index (χ2n) is 9.15. The Morgan fingerprint density at radius 3 is 2.06 bits per heavy atom. The van der Waals surface area contributed by atoms with Crippen LogP contribution in [0.25, 0.3) is 0 Å². The number of Topliss-reactive ketones (excluding diaryl/α,β-unsaturated/α-hetero) is 1. The summed E-state index contributed by atoms with van der Waals surface area (Å²) in [5, 5.41) is 0. The van der Waals surface area contributed by atoms with Crippen LogP contribution in [0.4, 0.5) is 0 Å². The van der Waals surface area contributed by atoms with Gasteiger partial charge in [0.15, 0.2) is 5.78 Å². The van der Waals surface area contributed by atoms with Crippen LogP contribution in [0.15, 0.2) is 36.9 Å². The van der Waals surface area contributed by atoms with Crippen molar-refractivity contribution in [2.24, 2.45) is 0 Å². The molecule has 0 saturated carbocycles. The highest BCUT2D eigenvalue weighted by Gasteiger charge is 2.29. The van der Waals surface area contributed by atoms with Crippen molar-refractivity contribution < 1.29 is 28.5 Å². The third-order valence-electron chi connectivity index (χ3n) is 5.12. The van der Waals surface area contributed by atoms with Crippen molar-refractivity contribution in [3.8, 4) is 5.75 Å². The molecule has 0 spiro atoms. The number of rotatable bonds is 19. The molecule has 6 nitrogen and oxygen atoms in total. The summed E-state index contributed by atoms with van der Waals surface area (Å²) in [6.45, 7) is 13.2. The fraction of sp³-hybridized carbons (Fsp3) is 0.630. The van der Waals surface area contributed by atoms with Crippen molar-refractivity contribution >= 4 is 27.7 Å². The Kier molecular flexibility index (Phi) is 14.3. The number of benzene rings is 1. The van der Waals surface area contributed by atoms with Gasteiger partial charge in [-0.05, 0) is 64.8 Å². The first-order valence-corrected chi connectivity index (χ1v) is 12.8. The van der Waals surface area contributed by atoms with Crippen LogP contribution in [0, 0.1) is 0 Å². The van der Waals surface area contributed by atoms with Crippen LogP contribution in [-0.2, 0) is 19.0 Å². The van der Waals surface area contributed by atoms with E-state index >= 15 is 0 Å². The van der Waals surface area contributed by atoms with Crippen LogP contribution < -0.4 is 4.74 Å². The predicted octanol–water partition coefficient (Wildman–Crippen LogP) is 6.30. The van der Waals surface area contributed by atoms with Gasteiger partial charge in [-0.15, -0.1) is 6.58 Å². The van der Waals surface area contributed by atoms with E-state index in [1.54, 1.807) is 44.2 Å². The summed E-state index contributed by atoms with van der Waals surface area (Å²) in [6.07, 6.45) is 7.73. The van der Waals surface area contributed by atoms with Crippen LogP contribution in [0.1, 0.15) is 76.6 Å². The molecule has 0 atom stereocenters. The molecule has 1 aromatic rings. The molecule has 0 radical (unpaired) electrons. The zero-order chi connectivity index (χ0) is 25.5. The van der Waals surface area contributed by atoms with Gasteiger partial charge >= 0.3 is 5.97 Å². The minimum absolute atomic E-state index is 0.0467. The molecule has 0 heterocycles. The third-order valence-corrected chi connectivity index (χ3v) is 5.44. The molecule has 7 heteroatoms. The van der Waals surface area contributed by atoms with Gasteiger partial charge in [-0.3, -0.25) is 9.59 Å². The molecule has 0 amide bonds. The summed E-state index contributed by atoms with van der Waals surface area (Å²) in [5.74, 6) is 0.424. The topological polar surface area (TPSA) is 71.1 Å². The number of carbonyl (C=O) groups is 2. The Bertz CT molecular complexity index is 736. The van der Waals surface area contributed by atoms with Gasteiger partial charge in [0.25, 0.3) is 0 Å². The molecule has 1 aromatic carbocycles. The average Bonchev–Trinajstić information content (AvgIpc) is 2.79. The standard InChI is InChI=1S/C27H41BrO6/c1-6-17-31-20-21-32-23-15-13-22(14-16-23)24(29)27(4,5)34-19-12-10-8-7-9-11-18-33-25(30)26(2,3)28/h6,13-16H,1,7-12,17-21H2,2-5H3. The minimum Gasteiger partial charge on any atom is -0.491 e. The molecule has 0 bridgehead atoms. The smallest absolute Gasteiger partial charge is 0.322 e. The quantitative estimate of drug-likeness (QED) is 0.0673. The Balaban J connectivity index is 2.19. The molecule has 0 aliphatic rings. The van der Waals surface area contributed by atoms with E-state index < -0.39 is 9.93 Å². The molecule has 0 fully saturated rings. The minimum atomic E-state index is -0.881. The zero-order valence-electron chi connectivity index (χ0n) is 21.2. The Labute approximate surface area is 213 Å². The van der Waals surface area contributed by atoms with Crippen molar-refractivity contribution in [1.29, 1.82) is 0 Å². The van der Waals surface area contributed by atoms with Crippen molar-refractivity contribution in [2.75, 3.05) is 33.0 Å². The summed E-state index contributed by atoms with van der Waals surface area (Å²) in [5.41, 5.74) is -0.280. The van der Waals surface area contributed by atoms with Gasteiger partial charge < -0.3 is 18.9 Å². The van der Waals surface area contributed by atoms with Gasteiger partial charge in [-0.25, -0.2) is 0 Å². The highest BCUT2D eigenvalue weighted by atomic mass is 79.9. The summed E-state index contributed by atoms with van der Waals surface area (Å²) < 4.78 is 21.4. The molecule has 0 N–H and O–H groups in total. The number of hydrogen-bond acceptors (Lipinski definition) is 6. The number of hydrogen-bond donors (Lipinski definition) is 0. The molecule has 192 valence electrons. The average molecular weight is 542 g/mol. The van der Waals surface area contributed by atoms with E-state index in [-0.39, 0.29) is 11.8 Å². The first kappa shape index (κ1) is 30.3. The second kappa shape index (κ2) is 16.1. The van der Waals surface area contributed by atoms with E-state index in [1.165, 1.54) is 0 Å². The number of unbranched alkanes of at least 4 members (excludes halogenated alkanes) is 5. The van der Waals surface area contributed by atoms with Crippen LogP contribution in [0.5, 0.6) is 5.75 Å². The van der Waals surface area contributed by atoms with Crippen molar-refractivity contribution in [1.82, 2.24) is 0 Å². The lowest BCUT2D eigenvalue weighted by Crippen LogP contribution is -2.35. The number of alkyl halides is 1. The highest BCUT2D eigenvalue weighted by Crippen LogP contribution is 2.21. The molecule has 0 unspecified atom stereocenters. The maximum Gasteiger partial charge on any atom is 0.322 e. The van der Waals surface area contributed by atoms with Crippen LogP contribution in [0.3, 0.4) is 0 Å². The van der Waals surface area contributed by atoms with Crippen LogP contribution >= 0.6 is 15.9 Å². The Hall–Kier alpha value is -1.70. The lowest BCUT2D eigenvalue weighted by molar-refractivity contribution is -0.145.